The van der Waals surface area contributed by atoms with Gasteiger partial charge in [-0.1, -0.05) is 139 Å². The quantitative estimate of drug-likeness (QED) is 0.181. The van der Waals surface area contributed by atoms with Crippen molar-refractivity contribution >= 4 is 87.8 Å². The summed E-state index contributed by atoms with van der Waals surface area (Å²) >= 11 is 1.80. The van der Waals surface area contributed by atoms with Crippen LogP contribution >= 0.6 is 11.8 Å². The summed E-state index contributed by atoms with van der Waals surface area (Å²) in [6.07, 6.45) is 0. The number of rotatable bonds is 3. The largest absolute Gasteiger partial charge is 0.309 e. The summed E-state index contributed by atoms with van der Waals surface area (Å²) in [5.74, 6) is 0.683. The van der Waals surface area contributed by atoms with Crippen LogP contribution in [0.5, 0.6) is 0 Å². The number of fused-ring (bicyclic) bond motifs is 11. The predicted octanol–water partition coefficient (Wildman–Crippen LogP) is 13.9. The summed E-state index contributed by atoms with van der Waals surface area (Å²) in [7, 11) is 0. The van der Waals surface area contributed by atoms with Crippen LogP contribution < -0.4 is 0 Å². The van der Waals surface area contributed by atoms with E-state index in [0.717, 1.165) is 33.2 Å². The summed E-state index contributed by atoms with van der Waals surface area (Å²) in [6, 6.07) is 66.1. The smallest absolute Gasteiger partial charge is 0.235 e. The molecule has 0 saturated carbocycles. The van der Waals surface area contributed by atoms with E-state index in [0.29, 0.717) is 5.95 Å². The fourth-order valence-electron chi connectivity index (χ4n) is 9.37. The molecule has 1 aliphatic rings. The predicted molar refractivity (Wildman–Crippen MR) is 238 cm³/mol. The highest BCUT2D eigenvalue weighted by atomic mass is 32.2. The van der Waals surface area contributed by atoms with Crippen LogP contribution in [0.2, 0.25) is 0 Å². The van der Waals surface area contributed by atoms with Gasteiger partial charge in [-0.15, -0.1) is 0 Å². The Morgan fingerprint density at radius 1 is 0.404 bits per heavy atom. The van der Waals surface area contributed by atoms with Gasteiger partial charge in [0.2, 0.25) is 5.95 Å². The minimum absolute atomic E-state index is 0.683. The van der Waals surface area contributed by atoms with Gasteiger partial charge in [0.25, 0.3) is 0 Å². The Bertz CT molecular complexity index is 3680. The molecule has 0 saturated heterocycles. The average Bonchev–Trinajstić information content (AvgIpc) is 3.78. The number of hydrogen-bond acceptors (Lipinski definition) is 3. The second-order valence-corrected chi connectivity index (χ2v) is 16.0. The van der Waals surface area contributed by atoms with Crippen molar-refractivity contribution in [3.8, 4) is 34.0 Å². The molecule has 0 spiro atoms. The molecule has 3 aromatic heterocycles. The van der Waals surface area contributed by atoms with E-state index in [-0.39, 0.29) is 0 Å². The third-order valence-electron chi connectivity index (χ3n) is 11.9. The molecule has 0 aliphatic carbocycles. The van der Waals surface area contributed by atoms with Crippen molar-refractivity contribution in [2.24, 2.45) is 0 Å². The second kappa shape index (κ2) is 11.7. The van der Waals surface area contributed by atoms with E-state index in [1.807, 2.05) is 0 Å². The fourth-order valence-corrected chi connectivity index (χ4v) is 10.5. The third kappa shape index (κ3) is 4.40. The zero-order valence-electron chi connectivity index (χ0n) is 30.5. The summed E-state index contributed by atoms with van der Waals surface area (Å²) in [5, 5.41) is 10.8. The monoisotopic (exact) mass is 742 g/mol. The molecular weight excluding hydrogens is 713 g/mol. The lowest BCUT2D eigenvalue weighted by Crippen LogP contribution is -2.05. The Kier molecular flexibility index (Phi) is 6.35. The van der Waals surface area contributed by atoms with Crippen molar-refractivity contribution in [2.45, 2.75) is 9.79 Å². The van der Waals surface area contributed by atoms with Gasteiger partial charge in [0.1, 0.15) is 0 Å². The molecule has 0 N–H and O–H groups in total. The molecule has 13 rings (SSSR count). The molecule has 12 aromatic rings. The first-order valence-electron chi connectivity index (χ1n) is 19.3. The highest BCUT2D eigenvalue weighted by molar-refractivity contribution is 7.99. The van der Waals surface area contributed by atoms with E-state index < -0.39 is 0 Å². The first-order chi connectivity index (χ1) is 28.3. The van der Waals surface area contributed by atoms with Crippen molar-refractivity contribution < 1.29 is 0 Å². The molecule has 4 heterocycles. The number of hydrogen-bond donors (Lipinski definition) is 0. The standard InChI is InChI=1S/C52H30N4S/c1-3-14-35-31(11-1)13-9-20-43(35)55-44-19-7-5-16-37(44)40-29-33(24-27-45(40)55)34-25-28-46-41(30-34)38-26-23-32-12-2-4-15-36(32)51(38)56(46)52-53-42-18-10-22-48-49(42)50(54-52)39-17-6-8-21-47(39)57-48/h1-30H. The van der Waals surface area contributed by atoms with Crippen molar-refractivity contribution in [1.82, 2.24) is 19.1 Å². The fraction of sp³-hybridized carbons (Fsp3) is 0. The van der Waals surface area contributed by atoms with Gasteiger partial charge in [-0.2, -0.15) is 0 Å². The molecule has 264 valence electrons. The van der Waals surface area contributed by atoms with Gasteiger partial charge in [-0.05, 0) is 76.5 Å². The van der Waals surface area contributed by atoms with Crippen LogP contribution in [-0.4, -0.2) is 19.1 Å². The van der Waals surface area contributed by atoms with Crippen LogP contribution in [-0.2, 0) is 0 Å². The van der Waals surface area contributed by atoms with E-state index in [9.17, 15) is 0 Å². The highest BCUT2D eigenvalue weighted by Gasteiger charge is 2.25. The maximum absolute atomic E-state index is 5.45. The van der Waals surface area contributed by atoms with Crippen LogP contribution in [0.15, 0.2) is 192 Å². The molecule has 0 fully saturated rings. The Hall–Kier alpha value is -7.21. The normalized spacial score (nSPS) is 12.5. The number of benzene rings is 9. The van der Waals surface area contributed by atoms with E-state index in [4.69, 9.17) is 9.97 Å². The first-order valence-corrected chi connectivity index (χ1v) is 20.1. The van der Waals surface area contributed by atoms with Crippen molar-refractivity contribution in [3.63, 3.8) is 0 Å². The van der Waals surface area contributed by atoms with Gasteiger partial charge in [0, 0.05) is 53.1 Å². The van der Waals surface area contributed by atoms with E-state index >= 15 is 0 Å². The number of aromatic nitrogens is 4. The van der Waals surface area contributed by atoms with E-state index in [1.54, 1.807) is 11.8 Å². The lowest BCUT2D eigenvalue weighted by atomic mass is 10.00. The van der Waals surface area contributed by atoms with Crippen LogP contribution in [0.4, 0.5) is 0 Å². The Morgan fingerprint density at radius 2 is 1.04 bits per heavy atom. The summed E-state index contributed by atoms with van der Waals surface area (Å²) in [4.78, 5) is 13.2. The maximum atomic E-state index is 5.45. The molecular formula is C52H30N4S. The Labute approximate surface area is 331 Å². The number of nitrogens with zero attached hydrogens (tertiary/aromatic N) is 4. The summed E-state index contributed by atoms with van der Waals surface area (Å²) in [6.45, 7) is 0. The van der Waals surface area contributed by atoms with Gasteiger partial charge < -0.3 is 4.57 Å². The minimum atomic E-state index is 0.683. The Morgan fingerprint density at radius 3 is 1.89 bits per heavy atom. The average molecular weight is 743 g/mol. The SMILES string of the molecule is c1ccc2c(c1)Sc1cccc3nc(-n4c5ccc(-c6ccc7c(c6)c6ccccc6n7-c6cccc7ccccc67)cc5c5ccc6ccccc6c54)nc-2c13. The zero-order chi connectivity index (χ0) is 37.2. The lowest BCUT2D eigenvalue weighted by molar-refractivity contribution is 1.01. The summed E-state index contributed by atoms with van der Waals surface area (Å²) in [5.41, 5.74) is 11.2. The van der Waals surface area contributed by atoms with Gasteiger partial charge in [-0.3, -0.25) is 4.57 Å². The van der Waals surface area contributed by atoms with Crippen LogP contribution in [0, 0.1) is 0 Å². The number of para-hydroxylation sites is 1. The Balaban J connectivity index is 1.06. The molecule has 4 nitrogen and oxygen atoms in total. The van der Waals surface area contributed by atoms with Gasteiger partial charge in [0.15, 0.2) is 0 Å². The topological polar surface area (TPSA) is 35.6 Å². The molecule has 0 amide bonds. The van der Waals surface area contributed by atoms with Gasteiger partial charge in [0.05, 0.1) is 39.0 Å². The van der Waals surface area contributed by atoms with Crippen molar-refractivity contribution in [1.29, 1.82) is 0 Å². The molecule has 57 heavy (non-hydrogen) atoms. The zero-order valence-corrected chi connectivity index (χ0v) is 31.3. The molecule has 0 atom stereocenters. The molecule has 9 aromatic carbocycles. The third-order valence-corrected chi connectivity index (χ3v) is 13.0. The molecule has 0 radical (unpaired) electrons. The highest BCUT2D eigenvalue weighted by Crippen LogP contribution is 2.47. The van der Waals surface area contributed by atoms with E-state index in [1.165, 1.54) is 80.7 Å². The lowest BCUT2D eigenvalue weighted by Gasteiger charge is -2.20. The summed E-state index contributed by atoms with van der Waals surface area (Å²) < 4.78 is 4.72. The van der Waals surface area contributed by atoms with Gasteiger partial charge >= 0.3 is 0 Å². The van der Waals surface area contributed by atoms with E-state index in [2.05, 4.69) is 191 Å². The molecule has 5 heteroatoms. The molecule has 1 aliphatic heterocycles. The van der Waals surface area contributed by atoms with Crippen LogP contribution in [0.25, 0.3) is 110 Å². The minimum Gasteiger partial charge on any atom is -0.309 e. The second-order valence-electron chi connectivity index (χ2n) is 15.0. The molecule has 0 bridgehead atoms. The van der Waals surface area contributed by atoms with Crippen molar-refractivity contribution in [2.75, 3.05) is 0 Å². The molecule has 0 unspecified atom stereocenters. The van der Waals surface area contributed by atoms with Crippen LogP contribution in [0.3, 0.4) is 0 Å². The maximum Gasteiger partial charge on any atom is 0.235 e. The van der Waals surface area contributed by atoms with Gasteiger partial charge in [-0.25, -0.2) is 9.97 Å². The first kappa shape index (κ1) is 31.0. The van der Waals surface area contributed by atoms with Crippen molar-refractivity contribution in [3.05, 3.63) is 182 Å². The van der Waals surface area contributed by atoms with Crippen LogP contribution in [0.1, 0.15) is 0 Å².